The summed E-state index contributed by atoms with van der Waals surface area (Å²) in [7, 11) is 0. The molecule has 0 bridgehead atoms. The maximum atomic E-state index is 12.4. The second-order valence-electron chi connectivity index (χ2n) is 7.69. The summed E-state index contributed by atoms with van der Waals surface area (Å²) < 4.78 is 12.1. The van der Waals surface area contributed by atoms with Gasteiger partial charge in [0.05, 0.1) is 11.1 Å². The highest BCUT2D eigenvalue weighted by Crippen LogP contribution is 2.28. The predicted molar refractivity (Wildman–Crippen MR) is 130 cm³/mol. The molecule has 2 amide bonds. The topological polar surface area (TPSA) is 76.7 Å². The van der Waals surface area contributed by atoms with E-state index in [2.05, 4.69) is 47.6 Å². The van der Waals surface area contributed by atoms with E-state index in [1.165, 1.54) is 12.8 Å². The quantitative estimate of drug-likeness (QED) is 0.284. The molecule has 174 valence electrons. The maximum Gasteiger partial charge on any atom is 0.276 e. The summed E-state index contributed by atoms with van der Waals surface area (Å²) >= 11 is 3.44. The second-order valence-corrected chi connectivity index (χ2v) is 8.55. The molecule has 32 heavy (non-hydrogen) atoms. The van der Waals surface area contributed by atoms with Crippen molar-refractivity contribution in [1.29, 1.82) is 0 Å². The van der Waals surface area contributed by atoms with Crippen molar-refractivity contribution in [3.63, 3.8) is 0 Å². The highest BCUT2D eigenvalue weighted by atomic mass is 79.9. The minimum absolute atomic E-state index is 0.192. The summed E-state index contributed by atoms with van der Waals surface area (Å²) in [6, 6.07) is 12.7. The van der Waals surface area contributed by atoms with Crippen LogP contribution in [0, 0.1) is 0 Å². The molecule has 0 aromatic heterocycles. The molecule has 6 nitrogen and oxygen atoms in total. The molecular weight excluding hydrogens is 472 g/mol. The van der Waals surface area contributed by atoms with Gasteiger partial charge in [-0.25, -0.2) is 0 Å². The van der Waals surface area contributed by atoms with Gasteiger partial charge in [0, 0.05) is 5.56 Å². The minimum Gasteiger partial charge on any atom is -0.492 e. The lowest BCUT2D eigenvalue weighted by molar-refractivity contribution is -0.123. The Morgan fingerprint density at radius 1 is 0.969 bits per heavy atom. The van der Waals surface area contributed by atoms with Crippen LogP contribution in [0.3, 0.4) is 0 Å². The Hall–Kier alpha value is -2.54. The number of hydrazine groups is 1. The van der Waals surface area contributed by atoms with E-state index in [1.54, 1.807) is 18.2 Å². The van der Waals surface area contributed by atoms with Crippen LogP contribution in [0.5, 0.6) is 11.5 Å². The number of rotatable bonds is 12. The van der Waals surface area contributed by atoms with Crippen molar-refractivity contribution >= 4 is 27.7 Å². The molecule has 7 heteroatoms. The predicted octanol–water partition coefficient (Wildman–Crippen LogP) is 5.76. The Labute approximate surface area is 199 Å². The summed E-state index contributed by atoms with van der Waals surface area (Å²) in [5, 5.41) is 0. The lowest BCUT2D eigenvalue weighted by atomic mass is 9.98. The molecule has 2 rings (SSSR count). The van der Waals surface area contributed by atoms with Crippen molar-refractivity contribution < 1.29 is 19.1 Å². The van der Waals surface area contributed by atoms with Gasteiger partial charge in [0.25, 0.3) is 11.8 Å². The van der Waals surface area contributed by atoms with Crippen LogP contribution in [0.4, 0.5) is 0 Å². The smallest absolute Gasteiger partial charge is 0.276 e. The van der Waals surface area contributed by atoms with Gasteiger partial charge >= 0.3 is 0 Å². The van der Waals surface area contributed by atoms with E-state index in [0.29, 0.717) is 34.1 Å². The average Bonchev–Trinajstić information content (AvgIpc) is 2.81. The van der Waals surface area contributed by atoms with Gasteiger partial charge in [-0.1, -0.05) is 58.2 Å². The zero-order valence-electron chi connectivity index (χ0n) is 19.1. The summed E-state index contributed by atoms with van der Waals surface area (Å²) in [4.78, 5) is 24.5. The fourth-order valence-electron chi connectivity index (χ4n) is 3.09. The number of para-hydroxylation sites is 1. The first-order valence-electron chi connectivity index (χ1n) is 11.2. The van der Waals surface area contributed by atoms with Gasteiger partial charge in [0.15, 0.2) is 6.61 Å². The molecule has 0 saturated carbocycles. The van der Waals surface area contributed by atoms with Crippen LogP contribution < -0.4 is 20.3 Å². The van der Waals surface area contributed by atoms with E-state index < -0.39 is 11.8 Å². The Balaban J connectivity index is 1.81. The fraction of sp³-hybridized carbons (Fsp3) is 0.440. The Kier molecular flexibility index (Phi) is 11.1. The van der Waals surface area contributed by atoms with E-state index in [9.17, 15) is 9.59 Å². The highest BCUT2D eigenvalue weighted by Gasteiger charge is 2.13. The molecule has 2 aromatic rings. The van der Waals surface area contributed by atoms with Crippen molar-refractivity contribution in [3.05, 3.63) is 58.1 Å². The normalized spacial score (nSPS) is 11.5. The number of carbonyl (C=O) groups is 2. The SMILES string of the molecule is CCCCCCOc1ccc(C(=O)NNC(=O)COc2ccccc2C(C)CC)cc1Br. The van der Waals surface area contributed by atoms with Crippen LogP contribution in [0.1, 0.15) is 74.7 Å². The standard InChI is InChI=1S/C25H33BrN2O4/c1-4-6-7-10-15-31-23-14-13-19(16-21(23)26)25(30)28-27-24(29)17-32-22-12-9-8-11-20(22)18(3)5-2/h8-9,11-14,16,18H,4-7,10,15,17H2,1-3H3,(H,27,29)(H,28,30). The maximum absolute atomic E-state index is 12.4. The van der Waals surface area contributed by atoms with Crippen molar-refractivity contribution in [2.24, 2.45) is 0 Å². The largest absolute Gasteiger partial charge is 0.492 e. The molecule has 0 saturated heterocycles. The van der Waals surface area contributed by atoms with E-state index in [-0.39, 0.29) is 6.61 Å². The molecule has 0 radical (unpaired) electrons. The van der Waals surface area contributed by atoms with Gasteiger partial charge in [-0.05, 0) is 64.5 Å². The van der Waals surface area contributed by atoms with E-state index >= 15 is 0 Å². The van der Waals surface area contributed by atoms with Crippen LogP contribution in [0.25, 0.3) is 0 Å². The molecule has 2 aromatic carbocycles. The van der Waals surface area contributed by atoms with Crippen molar-refractivity contribution in [1.82, 2.24) is 10.9 Å². The van der Waals surface area contributed by atoms with Crippen LogP contribution in [-0.4, -0.2) is 25.0 Å². The van der Waals surface area contributed by atoms with Crippen LogP contribution in [-0.2, 0) is 4.79 Å². The van der Waals surface area contributed by atoms with Gasteiger partial charge in [-0.3, -0.25) is 20.4 Å². The van der Waals surface area contributed by atoms with Crippen LogP contribution in [0.15, 0.2) is 46.9 Å². The number of amides is 2. The molecule has 0 aliphatic carbocycles. The number of benzene rings is 2. The number of carbonyl (C=O) groups excluding carboxylic acids is 2. The number of nitrogens with one attached hydrogen (secondary N) is 2. The van der Waals surface area contributed by atoms with E-state index in [1.807, 2.05) is 24.3 Å². The number of unbranched alkanes of at least 4 members (excludes halogenated alkanes) is 3. The molecule has 0 fully saturated rings. The highest BCUT2D eigenvalue weighted by molar-refractivity contribution is 9.10. The Morgan fingerprint density at radius 3 is 2.47 bits per heavy atom. The average molecular weight is 505 g/mol. The Bertz CT molecular complexity index is 888. The van der Waals surface area contributed by atoms with Gasteiger partial charge in [-0.15, -0.1) is 0 Å². The molecule has 1 atom stereocenters. The Morgan fingerprint density at radius 2 is 1.75 bits per heavy atom. The van der Waals surface area contributed by atoms with Crippen molar-refractivity contribution in [3.8, 4) is 11.5 Å². The molecule has 0 aliphatic heterocycles. The fourth-order valence-corrected chi connectivity index (χ4v) is 3.58. The third-order valence-corrected chi connectivity index (χ3v) is 5.81. The monoisotopic (exact) mass is 504 g/mol. The zero-order valence-corrected chi connectivity index (χ0v) is 20.7. The van der Waals surface area contributed by atoms with Gasteiger partial charge < -0.3 is 9.47 Å². The minimum atomic E-state index is -0.441. The first-order valence-corrected chi connectivity index (χ1v) is 12.0. The lowest BCUT2D eigenvalue weighted by Crippen LogP contribution is -2.43. The summed E-state index contributed by atoms with van der Waals surface area (Å²) in [6.45, 7) is 6.84. The van der Waals surface area contributed by atoms with Crippen LogP contribution >= 0.6 is 15.9 Å². The number of hydrogen-bond acceptors (Lipinski definition) is 4. The van der Waals surface area contributed by atoms with Gasteiger partial charge in [-0.2, -0.15) is 0 Å². The third kappa shape index (κ3) is 8.19. The van der Waals surface area contributed by atoms with Gasteiger partial charge in [0.1, 0.15) is 11.5 Å². The summed E-state index contributed by atoms with van der Waals surface area (Å²) in [5.74, 6) is 0.834. The molecule has 0 spiro atoms. The van der Waals surface area contributed by atoms with Crippen molar-refractivity contribution in [2.75, 3.05) is 13.2 Å². The first kappa shape index (κ1) is 25.7. The molecule has 1 unspecified atom stereocenters. The number of ether oxygens (including phenoxy) is 2. The zero-order chi connectivity index (χ0) is 23.3. The van der Waals surface area contributed by atoms with E-state index in [0.717, 1.165) is 24.8 Å². The lowest BCUT2D eigenvalue weighted by Gasteiger charge is -2.15. The summed E-state index contributed by atoms with van der Waals surface area (Å²) in [6.07, 6.45) is 5.49. The van der Waals surface area contributed by atoms with Crippen molar-refractivity contribution in [2.45, 2.75) is 58.8 Å². The number of halogens is 1. The molecule has 0 aliphatic rings. The summed E-state index contributed by atoms with van der Waals surface area (Å²) in [5.41, 5.74) is 6.27. The van der Waals surface area contributed by atoms with Gasteiger partial charge in [0.2, 0.25) is 0 Å². The number of hydrogen-bond donors (Lipinski definition) is 2. The molecular formula is C25H33BrN2O4. The van der Waals surface area contributed by atoms with Crippen LogP contribution in [0.2, 0.25) is 0 Å². The first-order chi connectivity index (χ1) is 15.5. The third-order valence-electron chi connectivity index (χ3n) is 5.19. The molecule has 0 heterocycles. The van der Waals surface area contributed by atoms with E-state index in [4.69, 9.17) is 9.47 Å². The second kappa shape index (κ2) is 13.8. The molecule has 2 N–H and O–H groups in total.